The minimum absolute atomic E-state index is 0.292. The SMILES string of the molecule is NC(=S)c1ccc(-c2ccccc2)n2nc(-c3ccc(N)cc3)nc12. The fraction of sp³-hybridized carbons (Fsp3) is 0. The number of benzene rings is 2. The number of nitrogens with zero attached hydrogens (tertiary/aromatic N) is 3. The Kier molecular flexibility index (Phi) is 3.66. The summed E-state index contributed by atoms with van der Waals surface area (Å²) in [6.45, 7) is 0. The number of pyridine rings is 1. The highest BCUT2D eigenvalue weighted by molar-refractivity contribution is 7.80. The number of thiocarbonyl (C=S) groups is 1. The van der Waals surface area contributed by atoms with E-state index in [1.165, 1.54) is 0 Å². The van der Waals surface area contributed by atoms with Crippen molar-refractivity contribution in [1.29, 1.82) is 0 Å². The van der Waals surface area contributed by atoms with E-state index in [1.807, 2.05) is 66.7 Å². The molecule has 0 amide bonds. The monoisotopic (exact) mass is 345 g/mol. The second kappa shape index (κ2) is 5.99. The smallest absolute Gasteiger partial charge is 0.182 e. The normalized spacial score (nSPS) is 10.9. The molecule has 0 radical (unpaired) electrons. The molecular formula is C19H15N5S. The second-order valence-electron chi connectivity index (χ2n) is 5.66. The van der Waals surface area contributed by atoms with Crippen molar-refractivity contribution in [2.24, 2.45) is 5.73 Å². The molecule has 122 valence electrons. The minimum atomic E-state index is 0.292. The molecule has 4 rings (SSSR count). The summed E-state index contributed by atoms with van der Waals surface area (Å²) in [5.41, 5.74) is 16.5. The van der Waals surface area contributed by atoms with Gasteiger partial charge in [-0.3, -0.25) is 0 Å². The topological polar surface area (TPSA) is 82.2 Å². The van der Waals surface area contributed by atoms with E-state index >= 15 is 0 Å². The first-order valence-corrected chi connectivity index (χ1v) is 8.15. The first-order valence-electron chi connectivity index (χ1n) is 7.74. The third kappa shape index (κ3) is 2.72. The minimum Gasteiger partial charge on any atom is -0.399 e. The van der Waals surface area contributed by atoms with Crippen LogP contribution in [0.25, 0.3) is 28.3 Å². The molecule has 0 bridgehead atoms. The van der Waals surface area contributed by atoms with Gasteiger partial charge in [-0.05, 0) is 36.4 Å². The molecule has 2 heterocycles. The van der Waals surface area contributed by atoms with Crippen LogP contribution in [0.4, 0.5) is 5.69 Å². The summed E-state index contributed by atoms with van der Waals surface area (Å²) < 4.78 is 1.79. The van der Waals surface area contributed by atoms with Crippen LogP contribution in [0, 0.1) is 0 Å². The Hall–Kier alpha value is -3.25. The summed E-state index contributed by atoms with van der Waals surface area (Å²) in [5, 5.41) is 4.68. The van der Waals surface area contributed by atoms with E-state index in [9.17, 15) is 0 Å². The van der Waals surface area contributed by atoms with Gasteiger partial charge >= 0.3 is 0 Å². The van der Waals surface area contributed by atoms with Gasteiger partial charge in [-0.25, -0.2) is 9.50 Å². The molecule has 0 unspecified atom stereocenters. The van der Waals surface area contributed by atoms with Gasteiger partial charge in [0.05, 0.1) is 11.3 Å². The van der Waals surface area contributed by atoms with E-state index in [0.717, 1.165) is 16.8 Å². The van der Waals surface area contributed by atoms with Crippen LogP contribution in [-0.4, -0.2) is 19.6 Å². The van der Waals surface area contributed by atoms with Crippen molar-refractivity contribution in [3.05, 3.63) is 72.3 Å². The summed E-state index contributed by atoms with van der Waals surface area (Å²) >= 11 is 5.17. The summed E-state index contributed by atoms with van der Waals surface area (Å²) in [4.78, 5) is 4.96. The predicted molar refractivity (Wildman–Crippen MR) is 104 cm³/mol. The summed E-state index contributed by atoms with van der Waals surface area (Å²) in [6.07, 6.45) is 0. The molecular weight excluding hydrogens is 330 g/mol. The molecule has 4 aromatic rings. The van der Waals surface area contributed by atoms with Crippen LogP contribution in [0.2, 0.25) is 0 Å². The molecule has 2 aromatic carbocycles. The van der Waals surface area contributed by atoms with Crippen molar-refractivity contribution in [1.82, 2.24) is 14.6 Å². The Morgan fingerprint density at radius 3 is 2.28 bits per heavy atom. The van der Waals surface area contributed by atoms with E-state index < -0.39 is 0 Å². The van der Waals surface area contributed by atoms with Gasteiger partial charge in [-0.1, -0.05) is 42.5 Å². The predicted octanol–water partition coefficient (Wildman–Crippen LogP) is 3.28. The average Bonchev–Trinajstić information content (AvgIpc) is 3.07. The number of hydrogen-bond donors (Lipinski definition) is 2. The molecule has 0 spiro atoms. The van der Waals surface area contributed by atoms with E-state index in [-0.39, 0.29) is 0 Å². The Morgan fingerprint density at radius 1 is 0.880 bits per heavy atom. The van der Waals surface area contributed by atoms with Gasteiger partial charge in [0.2, 0.25) is 0 Å². The van der Waals surface area contributed by atoms with E-state index in [0.29, 0.717) is 27.7 Å². The number of fused-ring (bicyclic) bond motifs is 1. The molecule has 2 aromatic heterocycles. The van der Waals surface area contributed by atoms with Gasteiger partial charge < -0.3 is 11.5 Å². The quantitative estimate of drug-likeness (QED) is 0.440. The Morgan fingerprint density at radius 2 is 1.60 bits per heavy atom. The van der Waals surface area contributed by atoms with Crippen molar-refractivity contribution in [3.63, 3.8) is 0 Å². The first-order chi connectivity index (χ1) is 12.1. The lowest BCUT2D eigenvalue weighted by atomic mass is 10.1. The van der Waals surface area contributed by atoms with Crippen LogP contribution in [0.3, 0.4) is 0 Å². The van der Waals surface area contributed by atoms with Gasteiger partial charge in [0.25, 0.3) is 0 Å². The molecule has 4 N–H and O–H groups in total. The highest BCUT2D eigenvalue weighted by Crippen LogP contribution is 2.25. The number of hydrogen-bond acceptors (Lipinski definition) is 4. The maximum Gasteiger partial charge on any atom is 0.182 e. The third-order valence-corrected chi connectivity index (χ3v) is 4.21. The molecule has 0 aliphatic rings. The molecule has 0 saturated heterocycles. The Labute approximate surface area is 149 Å². The number of nitrogens with two attached hydrogens (primary N) is 2. The van der Waals surface area contributed by atoms with E-state index in [4.69, 9.17) is 23.7 Å². The summed E-state index contributed by atoms with van der Waals surface area (Å²) in [5.74, 6) is 0.598. The number of anilines is 1. The molecule has 5 nitrogen and oxygen atoms in total. The molecule has 25 heavy (non-hydrogen) atoms. The molecule has 0 atom stereocenters. The van der Waals surface area contributed by atoms with Crippen LogP contribution in [0.1, 0.15) is 5.56 Å². The van der Waals surface area contributed by atoms with E-state index in [2.05, 4.69) is 10.1 Å². The molecule has 0 fully saturated rings. The lowest BCUT2D eigenvalue weighted by molar-refractivity contribution is 0.973. The molecule has 6 heteroatoms. The largest absolute Gasteiger partial charge is 0.399 e. The zero-order valence-electron chi connectivity index (χ0n) is 13.3. The van der Waals surface area contributed by atoms with Crippen LogP contribution >= 0.6 is 12.2 Å². The molecule has 0 aliphatic carbocycles. The average molecular weight is 345 g/mol. The number of nitrogen functional groups attached to an aromatic ring is 1. The van der Waals surface area contributed by atoms with Gasteiger partial charge in [0.15, 0.2) is 11.5 Å². The van der Waals surface area contributed by atoms with Gasteiger partial charge in [0, 0.05) is 16.8 Å². The van der Waals surface area contributed by atoms with Crippen LogP contribution in [0.15, 0.2) is 66.7 Å². The second-order valence-corrected chi connectivity index (χ2v) is 6.10. The summed E-state index contributed by atoms with van der Waals surface area (Å²) in [6, 6.07) is 21.3. The molecule has 0 aliphatic heterocycles. The van der Waals surface area contributed by atoms with Gasteiger partial charge in [0.1, 0.15) is 4.99 Å². The summed E-state index contributed by atoms with van der Waals surface area (Å²) in [7, 11) is 0. The lowest BCUT2D eigenvalue weighted by Gasteiger charge is -2.07. The van der Waals surface area contributed by atoms with Crippen LogP contribution in [-0.2, 0) is 0 Å². The maximum atomic E-state index is 5.87. The maximum absolute atomic E-state index is 5.87. The van der Waals surface area contributed by atoms with E-state index in [1.54, 1.807) is 4.52 Å². The van der Waals surface area contributed by atoms with Crippen molar-refractivity contribution in [2.75, 3.05) is 5.73 Å². The fourth-order valence-electron chi connectivity index (χ4n) is 2.74. The van der Waals surface area contributed by atoms with Gasteiger partial charge in [-0.15, -0.1) is 5.10 Å². The Balaban J connectivity index is 1.98. The molecule has 0 saturated carbocycles. The van der Waals surface area contributed by atoms with Crippen LogP contribution in [0.5, 0.6) is 0 Å². The number of rotatable bonds is 3. The van der Waals surface area contributed by atoms with Crippen molar-refractivity contribution in [3.8, 4) is 22.6 Å². The third-order valence-electron chi connectivity index (χ3n) is 3.99. The van der Waals surface area contributed by atoms with Gasteiger partial charge in [-0.2, -0.15) is 0 Å². The van der Waals surface area contributed by atoms with Crippen LogP contribution < -0.4 is 11.5 Å². The van der Waals surface area contributed by atoms with Crippen molar-refractivity contribution in [2.45, 2.75) is 0 Å². The highest BCUT2D eigenvalue weighted by Gasteiger charge is 2.15. The van der Waals surface area contributed by atoms with Crippen molar-refractivity contribution < 1.29 is 0 Å². The zero-order chi connectivity index (χ0) is 17.4. The Bertz CT molecular complexity index is 1070. The fourth-order valence-corrected chi connectivity index (χ4v) is 2.90. The lowest BCUT2D eigenvalue weighted by Crippen LogP contribution is -2.12. The standard InChI is InChI=1S/C19H15N5S/c20-14-8-6-13(7-9-14)18-22-19-15(17(21)25)10-11-16(24(19)23-18)12-4-2-1-3-5-12/h1-11H,20H2,(H2,21,25). The first kappa shape index (κ1) is 15.3. The number of aromatic nitrogens is 3. The zero-order valence-corrected chi connectivity index (χ0v) is 14.1. The highest BCUT2D eigenvalue weighted by atomic mass is 32.1. The van der Waals surface area contributed by atoms with Crippen molar-refractivity contribution >= 4 is 28.5 Å².